The van der Waals surface area contributed by atoms with Crippen molar-refractivity contribution in [1.29, 1.82) is 0 Å². The lowest BCUT2D eigenvalue weighted by Gasteiger charge is -2.29. The van der Waals surface area contributed by atoms with Gasteiger partial charge in [0.15, 0.2) is 5.96 Å². The molecule has 1 aliphatic rings. The fourth-order valence-corrected chi connectivity index (χ4v) is 3.58. The first-order chi connectivity index (χ1) is 16.0. The molecule has 0 radical (unpaired) electrons. The number of rotatable bonds is 14. The van der Waals surface area contributed by atoms with Crippen molar-refractivity contribution in [2.24, 2.45) is 22.2 Å². The molecule has 34 heavy (non-hydrogen) atoms. The van der Waals surface area contributed by atoms with Crippen molar-refractivity contribution in [1.82, 2.24) is 15.5 Å². The van der Waals surface area contributed by atoms with Crippen molar-refractivity contribution >= 4 is 48.2 Å². The van der Waals surface area contributed by atoms with Crippen molar-refractivity contribution in [3.63, 3.8) is 0 Å². The van der Waals surface area contributed by atoms with Gasteiger partial charge >= 0.3 is 11.9 Å². The Hall–Kier alpha value is -3.07. The zero-order chi connectivity index (χ0) is 25.8. The van der Waals surface area contributed by atoms with Crippen LogP contribution in [0.25, 0.3) is 0 Å². The Morgan fingerprint density at radius 2 is 1.76 bits per heavy atom. The number of carbonyl (C=O) groups excluding carboxylic acids is 3. The van der Waals surface area contributed by atoms with E-state index in [1.165, 1.54) is 4.90 Å². The van der Waals surface area contributed by atoms with Crippen LogP contribution in [0.15, 0.2) is 4.99 Å². The second kappa shape index (κ2) is 14.2. The fourth-order valence-electron chi connectivity index (χ4n) is 3.42. The molecular weight excluding hydrogens is 470 g/mol. The second-order valence-electron chi connectivity index (χ2n) is 7.82. The molecule has 1 saturated heterocycles. The van der Waals surface area contributed by atoms with Crippen LogP contribution in [0.4, 0.5) is 0 Å². The van der Waals surface area contributed by atoms with Gasteiger partial charge in [0.05, 0.1) is 6.04 Å². The molecule has 0 saturated carbocycles. The Morgan fingerprint density at radius 1 is 1.09 bits per heavy atom. The molecule has 1 aliphatic heterocycles. The quantitative estimate of drug-likeness (QED) is 0.0524. The number of aliphatic imine (C=N–C) groups is 1. The van der Waals surface area contributed by atoms with E-state index in [9.17, 15) is 29.1 Å². The first-order valence-corrected chi connectivity index (χ1v) is 11.4. The van der Waals surface area contributed by atoms with Gasteiger partial charge in [0.1, 0.15) is 18.1 Å². The molecular formula is C19H33N7O7S. The number of amides is 3. The summed E-state index contributed by atoms with van der Waals surface area (Å²) in [6, 6.07) is -4.39. The third-order valence-corrected chi connectivity index (χ3v) is 5.59. The number of hydrogen-bond acceptors (Lipinski definition) is 8. The molecule has 0 aliphatic carbocycles. The lowest BCUT2D eigenvalue weighted by molar-refractivity contribution is -0.145. The van der Waals surface area contributed by atoms with Crippen molar-refractivity contribution < 1.29 is 34.2 Å². The van der Waals surface area contributed by atoms with Gasteiger partial charge in [-0.15, -0.1) is 0 Å². The number of nitrogens with zero attached hydrogens (tertiary/aromatic N) is 2. The molecule has 15 heteroatoms. The predicted octanol–water partition coefficient (Wildman–Crippen LogP) is -2.79. The lowest BCUT2D eigenvalue weighted by atomic mass is 10.1. The lowest BCUT2D eigenvalue weighted by Crippen LogP contribution is -2.57. The zero-order valence-corrected chi connectivity index (χ0v) is 19.6. The molecule has 3 amide bonds. The Morgan fingerprint density at radius 3 is 2.32 bits per heavy atom. The maximum Gasteiger partial charge on any atom is 0.326 e. The maximum atomic E-state index is 13.1. The Labute approximate surface area is 202 Å². The summed E-state index contributed by atoms with van der Waals surface area (Å²) >= 11 is 3.94. The normalized spacial score (nSPS) is 17.8. The summed E-state index contributed by atoms with van der Waals surface area (Å²) in [7, 11) is 0. The Kier molecular flexibility index (Phi) is 12.1. The number of carboxylic acid groups (broad SMARTS) is 2. The van der Waals surface area contributed by atoms with Crippen LogP contribution in [0.1, 0.15) is 38.5 Å². The van der Waals surface area contributed by atoms with Crippen LogP contribution in [-0.2, 0) is 24.0 Å². The van der Waals surface area contributed by atoms with E-state index < -0.39 is 60.2 Å². The maximum absolute atomic E-state index is 13.1. The molecule has 1 fully saturated rings. The van der Waals surface area contributed by atoms with Crippen LogP contribution in [0.3, 0.4) is 0 Å². The van der Waals surface area contributed by atoms with Crippen LogP contribution in [-0.4, -0.2) is 93.7 Å². The predicted molar refractivity (Wildman–Crippen MR) is 125 cm³/mol. The smallest absolute Gasteiger partial charge is 0.326 e. The molecule has 0 aromatic rings. The van der Waals surface area contributed by atoms with Crippen molar-refractivity contribution in [3.05, 3.63) is 0 Å². The number of likely N-dealkylation sites (tertiary alicyclic amines) is 1. The molecule has 0 aromatic heterocycles. The van der Waals surface area contributed by atoms with Crippen LogP contribution in [0.5, 0.6) is 0 Å². The summed E-state index contributed by atoms with van der Waals surface area (Å²) in [4.78, 5) is 65.7. The average Bonchev–Trinajstić information content (AvgIpc) is 3.26. The van der Waals surface area contributed by atoms with Gasteiger partial charge < -0.3 is 42.9 Å². The van der Waals surface area contributed by atoms with Crippen molar-refractivity contribution in [2.75, 3.05) is 18.8 Å². The highest BCUT2D eigenvalue weighted by atomic mass is 32.1. The Balaban J connectivity index is 2.90. The monoisotopic (exact) mass is 503 g/mol. The van der Waals surface area contributed by atoms with E-state index in [4.69, 9.17) is 22.3 Å². The SMILES string of the molecule is NC(N)=NCCCC(NC(=O)C1CCCN1C(=O)C(CCC(=O)O)NC(=O)C(N)CS)C(=O)O. The van der Waals surface area contributed by atoms with E-state index in [0.29, 0.717) is 12.8 Å². The number of aliphatic carboxylic acids is 2. The summed E-state index contributed by atoms with van der Waals surface area (Å²) in [6.07, 6.45) is 0.533. The number of thiol groups is 1. The molecule has 0 spiro atoms. The summed E-state index contributed by atoms with van der Waals surface area (Å²) in [5.41, 5.74) is 16.1. The second-order valence-corrected chi connectivity index (χ2v) is 8.19. The summed E-state index contributed by atoms with van der Waals surface area (Å²) in [5, 5.41) is 23.3. The molecule has 192 valence electrons. The zero-order valence-electron chi connectivity index (χ0n) is 18.7. The number of carboxylic acids is 2. The topological polar surface area (TPSA) is 244 Å². The van der Waals surface area contributed by atoms with Gasteiger partial charge in [0.2, 0.25) is 17.7 Å². The van der Waals surface area contributed by atoms with E-state index in [-0.39, 0.29) is 44.1 Å². The van der Waals surface area contributed by atoms with Gasteiger partial charge in [0.25, 0.3) is 0 Å². The van der Waals surface area contributed by atoms with E-state index in [1.807, 2.05) is 0 Å². The number of guanidine groups is 1. The molecule has 14 nitrogen and oxygen atoms in total. The molecule has 0 bridgehead atoms. The summed E-state index contributed by atoms with van der Waals surface area (Å²) in [5.74, 6) is -4.50. The minimum absolute atomic E-state index is 0.0141. The van der Waals surface area contributed by atoms with Crippen LogP contribution in [0.2, 0.25) is 0 Å². The molecule has 10 N–H and O–H groups in total. The number of nitrogens with two attached hydrogens (primary N) is 3. The highest BCUT2D eigenvalue weighted by Crippen LogP contribution is 2.20. The molecule has 1 rings (SSSR count). The minimum Gasteiger partial charge on any atom is -0.481 e. The van der Waals surface area contributed by atoms with E-state index in [0.717, 1.165) is 0 Å². The first-order valence-electron chi connectivity index (χ1n) is 10.8. The minimum atomic E-state index is -1.25. The summed E-state index contributed by atoms with van der Waals surface area (Å²) in [6.45, 7) is 0.382. The van der Waals surface area contributed by atoms with E-state index in [1.54, 1.807) is 0 Å². The van der Waals surface area contributed by atoms with Gasteiger partial charge in [-0.1, -0.05) is 0 Å². The Bertz CT molecular complexity index is 791. The van der Waals surface area contributed by atoms with Gasteiger partial charge in [-0.3, -0.25) is 24.2 Å². The number of carbonyl (C=O) groups is 5. The van der Waals surface area contributed by atoms with Crippen LogP contribution >= 0.6 is 12.6 Å². The van der Waals surface area contributed by atoms with Gasteiger partial charge in [0, 0.05) is 25.3 Å². The van der Waals surface area contributed by atoms with E-state index in [2.05, 4.69) is 28.3 Å². The third-order valence-electron chi connectivity index (χ3n) is 5.19. The van der Waals surface area contributed by atoms with Crippen LogP contribution in [0, 0.1) is 0 Å². The highest BCUT2D eigenvalue weighted by molar-refractivity contribution is 7.80. The largest absolute Gasteiger partial charge is 0.481 e. The molecule has 1 heterocycles. The average molecular weight is 504 g/mol. The molecule has 4 unspecified atom stereocenters. The number of hydrogen-bond donors (Lipinski definition) is 8. The third kappa shape index (κ3) is 9.43. The fraction of sp³-hybridized carbons (Fsp3) is 0.684. The summed E-state index contributed by atoms with van der Waals surface area (Å²) < 4.78 is 0. The van der Waals surface area contributed by atoms with Gasteiger partial charge in [-0.05, 0) is 32.1 Å². The standard InChI is InChI=1S/C19H33N7O7S/c20-10(9-34)15(29)24-11(5-6-14(27)28)17(31)26-8-2-4-13(26)16(30)25-12(18(32)33)3-1-7-23-19(21)22/h10-13,34H,1-9,20H2,(H,24,29)(H,25,30)(H,27,28)(H,32,33)(H4,21,22,23). The highest BCUT2D eigenvalue weighted by Gasteiger charge is 2.39. The van der Waals surface area contributed by atoms with Crippen LogP contribution < -0.4 is 27.8 Å². The van der Waals surface area contributed by atoms with Gasteiger partial charge in [-0.25, -0.2) is 4.79 Å². The molecule has 0 aromatic carbocycles. The first kappa shape index (κ1) is 29.0. The van der Waals surface area contributed by atoms with E-state index >= 15 is 0 Å². The van der Waals surface area contributed by atoms with Crippen molar-refractivity contribution in [2.45, 2.75) is 62.7 Å². The van der Waals surface area contributed by atoms with Crippen molar-refractivity contribution in [3.8, 4) is 0 Å². The van der Waals surface area contributed by atoms with Gasteiger partial charge in [-0.2, -0.15) is 12.6 Å². The number of nitrogens with one attached hydrogen (secondary N) is 2. The molecule has 4 atom stereocenters.